The lowest BCUT2D eigenvalue weighted by molar-refractivity contribution is -0.147. The van der Waals surface area contributed by atoms with E-state index in [0.29, 0.717) is 5.75 Å². The highest BCUT2D eigenvalue weighted by Crippen LogP contribution is 2.07. The standard InChI is InChI=1S/C9H9O3/c1-8(10)11-7-12-9-5-3-2-4-6-9/h2-3,5-6H,7H2,1H3. The van der Waals surface area contributed by atoms with Crippen molar-refractivity contribution in [1.82, 2.24) is 0 Å². The molecule has 0 aliphatic carbocycles. The van der Waals surface area contributed by atoms with Crippen molar-refractivity contribution in [2.75, 3.05) is 6.79 Å². The molecule has 3 nitrogen and oxygen atoms in total. The average Bonchev–Trinajstić information content (AvgIpc) is 2.05. The van der Waals surface area contributed by atoms with Crippen LogP contribution in [0, 0.1) is 6.07 Å². The summed E-state index contributed by atoms with van der Waals surface area (Å²) in [4.78, 5) is 10.3. The normalized spacial score (nSPS) is 9.08. The number of hydrogen-bond donors (Lipinski definition) is 0. The van der Waals surface area contributed by atoms with E-state index in [0.717, 1.165) is 0 Å². The predicted octanol–water partition coefficient (Wildman–Crippen LogP) is 1.39. The fraction of sp³-hybridized carbons (Fsp3) is 0.222. The maximum Gasteiger partial charge on any atom is 0.305 e. The van der Waals surface area contributed by atoms with Gasteiger partial charge < -0.3 is 9.47 Å². The van der Waals surface area contributed by atoms with Gasteiger partial charge in [0.15, 0.2) is 0 Å². The van der Waals surface area contributed by atoms with Gasteiger partial charge in [0.2, 0.25) is 6.79 Å². The highest BCUT2D eigenvalue weighted by molar-refractivity contribution is 5.65. The Balaban J connectivity index is 2.29. The number of carbonyl (C=O) groups is 1. The van der Waals surface area contributed by atoms with Crippen molar-refractivity contribution in [3.63, 3.8) is 0 Å². The second-order valence-corrected chi connectivity index (χ2v) is 2.14. The molecule has 1 radical (unpaired) electrons. The minimum Gasteiger partial charge on any atom is -0.457 e. The van der Waals surface area contributed by atoms with Gasteiger partial charge >= 0.3 is 5.97 Å². The maximum atomic E-state index is 10.3. The number of benzene rings is 1. The van der Waals surface area contributed by atoms with Gasteiger partial charge in [-0.15, -0.1) is 0 Å². The van der Waals surface area contributed by atoms with E-state index in [2.05, 4.69) is 10.8 Å². The molecule has 0 heterocycles. The Morgan fingerprint density at radius 3 is 3.08 bits per heavy atom. The third-order valence-electron chi connectivity index (χ3n) is 1.17. The molecular weight excluding hydrogens is 156 g/mol. The second-order valence-electron chi connectivity index (χ2n) is 2.14. The molecule has 0 unspecified atom stereocenters. The molecular formula is C9H9O3. The summed E-state index contributed by atoms with van der Waals surface area (Å²) < 4.78 is 9.61. The van der Waals surface area contributed by atoms with Crippen LogP contribution in [0.1, 0.15) is 6.92 Å². The summed E-state index contributed by atoms with van der Waals surface area (Å²) in [6.45, 7) is 1.29. The fourth-order valence-corrected chi connectivity index (χ4v) is 0.647. The van der Waals surface area contributed by atoms with Crippen molar-refractivity contribution in [3.05, 3.63) is 30.3 Å². The van der Waals surface area contributed by atoms with E-state index >= 15 is 0 Å². The van der Waals surface area contributed by atoms with Crippen molar-refractivity contribution >= 4 is 5.97 Å². The van der Waals surface area contributed by atoms with Gasteiger partial charge in [-0.3, -0.25) is 4.79 Å². The summed E-state index contributed by atoms with van der Waals surface area (Å²) in [5.41, 5.74) is 0. The van der Waals surface area contributed by atoms with Crippen LogP contribution in [0.25, 0.3) is 0 Å². The fourth-order valence-electron chi connectivity index (χ4n) is 0.647. The summed E-state index contributed by atoms with van der Waals surface area (Å²) in [5, 5.41) is 0. The molecule has 63 valence electrons. The lowest BCUT2D eigenvalue weighted by Gasteiger charge is -2.04. The molecule has 0 fully saturated rings. The molecule has 0 aromatic heterocycles. The van der Waals surface area contributed by atoms with E-state index in [1.54, 1.807) is 24.3 Å². The highest BCUT2D eigenvalue weighted by Gasteiger charge is 1.93. The Hall–Kier alpha value is -1.51. The third kappa shape index (κ3) is 3.05. The van der Waals surface area contributed by atoms with Gasteiger partial charge in [0, 0.05) is 6.92 Å². The Kier molecular flexibility index (Phi) is 3.14. The number of carbonyl (C=O) groups excluding carboxylic acids is 1. The van der Waals surface area contributed by atoms with E-state index in [1.807, 2.05) is 0 Å². The zero-order valence-electron chi connectivity index (χ0n) is 6.74. The molecule has 1 aromatic rings. The Bertz CT molecular complexity index is 243. The minimum atomic E-state index is -0.352. The van der Waals surface area contributed by atoms with Crippen LogP contribution >= 0.6 is 0 Å². The molecule has 0 spiro atoms. The first-order chi connectivity index (χ1) is 5.79. The largest absolute Gasteiger partial charge is 0.457 e. The monoisotopic (exact) mass is 165 g/mol. The smallest absolute Gasteiger partial charge is 0.305 e. The summed E-state index contributed by atoms with van der Waals surface area (Å²) in [6.07, 6.45) is 0. The van der Waals surface area contributed by atoms with Crippen LogP contribution < -0.4 is 4.74 Å². The van der Waals surface area contributed by atoms with Crippen LogP contribution in [-0.4, -0.2) is 12.8 Å². The first-order valence-electron chi connectivity index (χ1n) is 3.51. The Morgan fingerprint density at radius 1 is 1.67 bits per heavy atom. The van der Waals surface area contributed by atoms with E-state index < -0.39 is 0 Å². The zero-order chi connectivity index (χ0) is 8.81. The topological polar surface area (TPSA) is 35.5 Å². The first-order valence-corrected chi connectivity index (χ1v) is 3.51. The van der Waals surface area contributed by atoms with Crippen LogP contribution in [0.3, 0.4) is 0 Å². The van der Waals surface area contributed by atoms with E-state index in [9.17, 15) is 4.79 Å². The molecule has 0 amide bonds. The van der Waals surface area contributed by atoms with Crippen LogP contribution in [-0.2, 0) is 9.53 Å². The predicted molar refractivity (Wildman–Crippen MR) is 42.5 cm³/mol. The second kappa shape index (κ2) is 4.38. The van der Waals surface area contributed by atoms with Gasteiger partial charge in [-0.2, -0.15) is 0 Å². The molecule has 0 N–H and O–H groups in total. The molecule has 1 aromatic carbocycles. The molecule has 0 bridgehead atoms. The van der Waals surface area contributed by atoms with E-state index in [-0.39, 0.29) is 12.8 Å². The maximum absolute atomic E-state index is 10.3. The van der Waals surface area contributed by atoms with Crippen molar-refractivity contribution in [2.24, 2.45) is 0 Å². The average molecular weight is 165 g/mol. The summed E-state index contributed by atoms with van der Waals surface area (Å²) >= 11 is 0. The molecule has 0 saturated carbocycles. The number of rotatable bonds is 3. The zero-order valence-corrected chi connectivity index (χ0v) is 6.74. The van der Waals surface area contributed by atoms with E-state index in [1.165, 1.54) is 6.92 Å². The number of esters is 1. The summed E-state index contributed by atoms with van der Waals surface area (Å²) in [6, 6.07) is 9.82. The lowest BCUT2D eigenvalue weighted by atomic mass is 10.3. The summed E-state index contributed by atoms with van der Waals surface area (Å²) in [5.74, 6) is 0.286. The van der Waals surface area contributed by atoms with Crippen LogP contribution in [0.5, 0.6) is 5.75 Å². The Morgan fingerprint density at radius 2 is 2.50 bits per heavy atom. The van der Waals surface area contributed by atoms with E-state index in [4.69, 9.17) is 4.74 Å². The van der Waals surface area contributed by atoms with Crippen LogP contribution in [0.15, 0.2) is 24.3 Å². The molecule has 3 heteroatoms. The van der Waals surface area contributed by atoms with Gasteiger partial charge in [-0.25, -0.2) is 0 Å². The minimum absolute atomic E-state index is 0.0484. The highest BCUT2D eigenvalue weighted by atomic mass is 16.7. The first kappa shape index (κ1) is 8.59. The molecule has 0 atom stereocenters. The molecule has 12 heavy (non-hydrogen) atoms. The molecule has 0 aliphatic rings. The third-order valence-corrected chi connectivity index (χ3v) is 1.17. The quantitative estimate of drug-likeness (QED) is 0.501. The van der Waals surface area contributed by atoms with Gasteiger partial charge in [-0.1, -0.05) is 12.1 Å². The number of hydrogen-bond acceptors (Lipinski definition) is 3. The van der Waals surface area contributed by atoms with Crippen LogP contribution in [0.2, 0.25) is 0 Å². The lowest BCUT2D eigenvalue weighted by Crippen LogP contribution is -2.06. The van der Waals surface area contributed by atoms with Gasteiger partial charge in [-0.05, 0) is 18.2 Å². The molecule has 1 rings (SSSR count). The molecule has 0 aliphatic heterocycles. The van der Waals surface area contributed by atoms with Gasteiger partial charge in [0.1, 0.15) is 5.75 Å². The van der Waals surface area contributed by atoms with Gasteiger partial charge in [0.05, 0.1) is 0 Å². The number of ether oxygens (including phenoxy) is 2. The Labute approximate surface area is 70.9 Å². The van der Waals surface area contributed by atoms with Crippen LogP contribution in [0.4, 0.5) is 0 Å². The SMILES string of the molecule is CC(=O)OCOc1c[c]ccc1. The van der Waals surface area contributed by atoms with Crippen molar-refractivity contribution in [2.45, 2.75) is 6.92 Å². The van der Waals surface area contributed by atoms with Gasteiger partial charge in [0.25, 0.3) is 0 Å². The van der Waals surface area contributed by atoms with Crippen molar-refractivity contribution in [1.29, 1.82) is 0 Å². The summed E-state index contributed by atoms with van der Waals surface area (Å²) in [7, 11) is 0. The van der Waals surface area contributed by atoms with Crippen molar-refractivity contribution in [3.8, 4) is 5.75 Å². The molecule has 0 saturated heterocycles. The van der Waals surface area contributed by atoms with Crippen molar-refractivity contribution < 1.29 is 14.3 Å².